The molecule has 0 aromatic rings. The van der Waals surface area contributed by atoms with Crippen molar-refractivity contribution in [2.24, 2.45) is 0 Å². The van der Waals surface area contributed by atoms with E-state index in [2.05, 4.69) is 17.3 Å². The number of nitrogens with one attached hydrogen (secondary N) is 1. The van der Waals surface area contributed by atoms with Crippen LogP contribution in [0.1, 0.15) is 38.5 Å². The van der Waals surface area contributed by atoms with Crippen molar-refractivity contribution >= 4 is 0 Å². The Morgan fingerprint density at radius 3 is 2.80 bits per heavy atom. The van der Waals surface area contributed by atoms with Gasteiger partial charge in [0.25, 0.3) is 0 Å². The molecule has 15 heavy (non-hydrogen) atoms. The van der Waals surface area contributed by atoms with Gasteiger partial charge in [-0.2, -0.15) is 0 Å². The van der Waals surface area contributed by atoms with Crippen molar-refractivity contribution in [3.05, 3.63) is 0 Å². The van der Waals surface area contributed by atoms with Crippen LogP contribution in [0.3, 0.4) is 0 Å². The van der Waals surface area contributed by atoms with E-state index >= 15 is 0 Å². The van der Waals surface area contributed by atoms with Crippen molar-refractivity contribution in [2.75, 3.05) is 26.7 Å². The molecule has 2 aliphatic heterocycles. The molecule has 0 saturated carbocycles. The Balaban J connectivity index is 1.94. The highest BCUT2D eigenvalue weighted by molar-refractivity contribution is 4.95. The molecule has 0 amide bonds. The number of likely N-dealkylation sites (tertiary alicyclic amines) is 1. The monoisotopic (exact) mass is 212 g/mol. The van der Waals surface area contributed by atoms with Crippen LogP contribution in [0.5, 0.6) is 0 Å². The quantitative estimate of drug-likeness (QED) is 0.732. The standard InChI is InChI=1S/C12H24N2O/c1-14-8-4-5-11(14)9-12(10-15)6-2-3-7-13-12/h11,13,15H,2-10H2,1H3. The maximum atomic E-state index is 9.61. The SMILES string of the molecule is CN1CCCC1CC1(CO)CCCCN1. The lowest BCUT2D eigenvalue weighted by atomic mass is 9.83. The predicted octanol–water partition coefficient (Wildman–Crippen LogP) is 0.975. The van der Waals surface area contributed by atoms with Crippen LogP contribution in [0, 0.1) is 0 Å². The van der Waals surface area contributed by atoms with Gasteiger partial charge in [0, 0.05) is 11.6 Å². The average Bonchev–Trinajstić information content (AvgIpc) is 2.66. The Labute approximate surface area is 92.8 Å². The summed E-state index contributed by atoms with van der Waals surface area (Å²) in [7, 11) is 2.21. The largest absolute Gasteiger partial charge is 0.394 e. The first-order valence-electron chi connectivity index (χ1n) is 6.32. The third-order valence-corrected chi connectivity index (χ3v) is 4.18. The topological polar surface area (TPSA) is 35.5 Å². The molecule has 0 bridgehead atoms. The minimum Gasteiger partial charge on any atom is -0.394 e. The normalized spacial score (nSPS) is 38.4. The van der Waals surface area contributed by atoms with Gasteiger partial charge in [-0.1, -0.05) is 6.42 Å². The molecule has 2 heterocycles. The van der Waals surface area contributed by atoms with Gasteiger partial charge >= 0.3 is 0 Å². The van der Waals surface area contributed by atoms with Crippen LogP contribution in [-0.4, -0.2) is 48.3 Å². The van der Waals surface area contributed by atoms with Crippen LogP contribution < -0.4 is 5.32 Å². The van der Waals surface area contributed by atoms with Crippen molar-refractivity contribution < 1.29 is 5.11 Å². The highest BCUT2D eigenvalue weighted by Crippen LogP contribution is 2.29. The maximum Gasteiger partial charge on any atom is 0.0613 e. The summed E-state index contributed by atoms with van der Waals surface area (Å²) in [5, 5.41) is 13.2. The Hall–Kier alpha value is -0.120. The molecule has 2 unspecified atom stereocenters. The average molecular weight is 212 g/mol. The number of nitrogens with zero attached hydrogens (tertiary/aromatic N) is 1. The zero-order valence-electron chi connectivity index (χ0n) is 9.84. The van der Waals surface area contributed by atoms with E-state index in [-0.39, 0.29) is 5.54 Å². The Kier molecular flexibility index (Phi) is 3.65. The molecule has 2 atom stereocenters. The van der Waals surface area contributed by atoms with Crippen LogP contribution in [0.4, 0.5) is 0 Å². The minimum atomic E-state index is 0.0293. The van der Waals surface area contributed by atoms with Gasteiger partial charge < -0.3 is 15.3 Å². The number of aliphatic hydroxyl groups is 1. The van der Waals surface area contributed by atoms with E-state index in [0.717, 1.165) is 19.4 Å². The zero-order valence-corrected chi connectivity index (χ0v) is 9.84. The summed E-state index contributed by atoms with van der Waals surface area (Å²) < 4.78 is 0. The summed E-state index contributed by atoms with van der Waals surface area (Å²) in [5.74, 6) is 0. The summed E-state index contributed by atoms with van der Waals surface area (Å²) in [6.45, 7) is 2.61. The number of rotatable bonds is 3. The number of hydrogen-bond donors (Lipinski definition) is 2. The molecule has 0 aromatic carbocycles. The van der Waals surface area contributed by atoms with Crippen LogP contribution >= 0.6 is 0 Å². The first-order chi connectivity index (χ1) is 7.26. The fourth-order valence-corrected chi connectivity index (χ4v) is 3.09. The van der Waals surface area contributed by atoms with Gasteiger partial charge in [-0.3, -0.25) is 0 Å². The summed E-state index contributed by atoms with van der Waals surface area (Å²) in [6.07, 6.45) is 7.43. The number of hydrogen-bond acceptors (Lipinski definition) is 3. The molecule has 2 fully saturated rings. The van der Waals surface area contributed by atoms with Gasteiger partial charge in [-0.25, -0.2) is 0 Å². The van der Waals surface area contributed by atoms with Crippen LogP contribution in [0.15, 0.2) is 0 Å². The summed E-state index contributed by atoms with van der Waals surface area (Å²) >= 11 is 0. The minimum absolute atomic E-state index is 0.0293. The van der Waals surface area contributed by atoms with Gasteiger partial charge in [0.2, 0.25) is 0 Å². The van der Waals surface area contributed by atoms with Crippen LogP contribution in [0.2, 0.25) is 0 Å². The van der Waals surface area contributed by atoms with Crippen molar-refractivity contribution in [1.82, 2.24) is 10.2 Å². The smallest absolute Gasteiger partial charge is 0.0613 e. The van der Waals surface area contributed by atoms with Crippen molar-refractivity contribution in [3.63, 3.8) is 0 Å². The third-order valence-electron chi connectivity index (χ3n) is 4.18. The number of aliphatic hydroxyl groups excluding tert-OH is 1. The summed E-state index contributed by atoms with van der Waals surface area (Å²) in [4.78, 5) is 2.45. The fourth-order valence-electron chi connectivity index (χ4n) is 3.09. The molecule has 2 rings (SSSR count). The van der Waals surface area contributed by atoms with Crippen molar-refractivity contribution in [1.29, 1.82) is 0 Å². The lowest BCUT2D eigenvalue weighted by molar-refractivity contribution is 0.0980. The molecule has 0 aromatic heterocycles. The fraction of sp³-hybridized carbons (Fsp3) is 1.00. The number of piperidine rings is 1. The molecule has 2 saturated heterocycles. The second kappa shape index (κ2) is 4.81. The molecular weight excluding hydrogens is 188 g/mol. The molecule has 0 radical (unpaired) electrons. The molecule has 3 heteroatoms. The lowest BCUT2D eigenvalue weighted by Gasteiger charge is -2.40. The van der Waals surface area contributed by atoms with E-state index in [1.807, 2.05) is 0 Å². The highest BCUT2D eigenvalue weighted by atomic mass is 16.3. The van der Waals surface area contributed by atoms with Gasteiger partial charge in [0.1, 0.15) is 0 Å². The second-order valence-electron chi connectivity index (χ2n) is 5.30. The predicted molar refractivity (Wildman–Crippen MR) is 61.9 cm³/mol. The Morgan fingerprint density at radius 1 is 1.40 bits per heavy atom. The Morgan fingerprint density at radius 2 is 2.27 bits per heavy atom. The van der Waals surface area contributed by atoms with E-state index in [0.29, 0.717) is 12.6 Å². The van der Waals surface area contributed by atoms with E-state index < -0.39 is 0 Å². The lowest BCUT2D eigenvalue weighted by Crippen LogP contribution is -2.54. The molecule has 2 N–H and O–H groups in total. The molecule has 88 valence electrons. The van der Waals surface area contributed by atoms with Crippen LogP contribution in [0.25, 0.3) is 0 Å². The van der Waals surface area contributed by atoms with Crippen LogP contribution in [-0.2, 0) is 0 Å². The first-order valence-corrected chi connectivity index (χ1v) is 6.32. The maximum absolute atomic E-state index is 9.61. The zero-order chi connectivity index (χ0) is 10.7. The Bertz CT molecular complexity index is 202. The second-order valence-corrected chi connectivity index (χ2v) is 5.30. The van der Waals surface area contributed by atoms with Crippen molar-refractivity contribution in [3.8, 4) is 0 Å². The third kappa shape index (κ3) is 2.52. The summed E-state index contributed by atoms with van der Waals surface area (Å²) in [6, 6.07) is 0.683. The van der Waals surface area contributed by atoms with Gasteiger partial charge in [0.15, 0.2) is 0 Å². The van der Waals surface area contributed by atoms with E-state index in [4.69, 9.17) is 0 Å². The molecule has 0 spiro atoms. The van der Waals surface area contributed by atoms with Gasteiger partial charge in [0.05, 0.1) is 6.61 Å². The van der Waals surface area contributed by atoms with Crippen molar-refractivity contribution in [2.45, 2.75) is 50.1 Å². The van der Waals surface area contributed by atoms with Gasteiger partial charge in [-0.15, -0.1) is 0 Å². The summed E-state index contributed by atoms with van der Waals surface area (Å²) in [5.41, 5.74) is 0.0293. The molecule has 0 aliphatic carbocycles. The molecule has 2 aliphatic rings. The molecular formula is C12H24N2O. The van der Waals surface area contributed by atoms with E-state index in [1.165, 1.54) is 32.2 Å². The first kappa shape index (κ1) is 11.4. The highest BCUT2D eigenvalue weighted by Gasteiger charge is 2.35. The van der Waals surface area contributed by atoms with E-state index in [9.17, 15) is 5.11 Å². The van der Waals surface area contributed by atoms with E-state index in [1.54, 1.807) is 0 Å². The molecule has 3 nitrogen and oxygen atoms in total. The van der Waals surface area contributed by atoms with Gasteiger partial charge in [-0.05, 0) is 52.2 Å².